The lowest BCUT2D eigenvalue weighted by atomic mass is 10.0. The molecule has 4 nitrogen and oxygen atoms in total. The first-order valence-electron chi connectivity index (χ1n) is 7.12. The van der Waals surface area contributed by atoms with Gasteiger partial charge in [-0.05, 0) is 45.6 Å². The molecule has 0 saturated carbocycles. The number of hydrogen-bond acceptors (Lipinski definition) is 3. The molecule has 1 aromatic carbocycles. The van der Waals surface area contributed by atoms with E-state index >= 15 is 0 Å². The van der Waals surface area contributed by atoms with Crippen molar-refractivity contribution in [2.24, 2.45) is 0 Å². The SMILES string of the molecule is CN(C)C(CNC(=O)C1CCCN1)c1c(F)cccc1F. The molecule has 0 spiro atoms. The molecule has 0 radical (unpaired) electrons. The zero-order chi connectivity index (χ0) is 15.4. The molecule has 2 N–H and O–H groups in total. The number of likely N-dealkylation sites (N-methyl/N-ethyl adjacent to an activating group) is 1. The predicted molar refractivity (Wildman–Crippen MR) is 76.8 cm³/mol. The molecule has 1 aliphatic heterocycles. The standard InChI is InChI=1S/C15H21F2N3O/c1-20(2)13(14-10(16)5-3-6-11(14)17)9-19-15(21)12-7-4-8-18-12/h3,5-6,12-13,18H,4,7-9H2,1-2H3,(H,19,21). The molecular formula is C15H21F2N3O. The van der Waals surface area contributed by atoms with E-state index < -0.39 is 17.7 Å². The fourth-order valence-electron chi connectivity index (χ4n) is 2.60. The molecule has 1 aromatic rings. The quantitative estimate of drug-likeness (QED) is 0.864. The van der Waals surface area contributed by atoms with Gasteiger partial charge in [-0.2, -0.15) is 0 Å². The van der Waals surface area contributed by atoms with Gasteiger partial charge >= 0.3 is 0 Å². The molecule has 0 aliphatic carbocycles. The van der Waals surface area contributed by atoms with Gasteiger partial charge < -0.3 is 15.5 Å². The van der Waals surface area contributed by atoms with Crippen molar-refractivity contribution in [2.75, 3.05) is 27.2 Å². The van der Waals surface area contributed by atoms with Crippen LogP contribution in [0.2, 0.25) is 0 Å². The highest BCUT2D eigenvalue weighted by Gasteiger charge is 2.26. The lowest BCUT2D eigenvalue weighted by Crippen LogP contribution is -2.43. The van der Waals surface area contributed by atoms with Crippen LogP contribution in [0.3, 0.4) is 0 Å². The lowest BCUT2D eigenvalue weighted by Gasteiger charge is -2.26. The van der Waals surface area contributed by atoms with E-state index in [1.807, 2.05) is 0 Å². The van der Waals surface area contributed by atoms with E-state index in [0.717, 1.165) is 19.4 Å². The van der Waals surface area contributed by atoms with Crippen LogP contribution in [0.5, 0.6) is 0 Å². The van der Waals surface area contributed by atoms with Gasteiger partial charge in [0.05, 0.1) is 12.1 Å². The fourth-order valence-corrected chi connectivity index (χ4v) is 2.60. The first-order chi connectivity index (χ1) is 10.0. The first-order valence-corrected chi connectivity index (χ1v) is 7.12. The van der Waals surface area contributed by atoms with Crippen molar-refractivity contribution in [1.29, 1.82) is 0 Å². The second-order valence-electron chi connectivity index (χ2n) is 5.51. The minimum Gasteiger partial charge on any atom is -0.353 e. The van der Waals surface area contributed by atoms with Crippen LogP contribution in [0.15, 0.2) is 18.2 Å². The van der Waals surface area contributed by atoms with Crippen LogP contribution >= 0.6 is 0 Å². The number of hydrogen-bond donors (Lipinski definition) is 2. The van der Waals surface area contributed by atoms with Crippen molar-refractivity contribution < 1.29 is 13.6 Å². The summed E-state index contributed by atoms with van der Waals surface area (Å²) in [6.45, 7) is 0.999. The van der Waals surface area contributed by atoms with Gasteiger partial charge in [0.25, 0.3) is 0 Å². The minimum absolute atomic E-state index is 0.0119. The van der Waals surface area contributed by atoms with Gasteiger partial charge in [0.15, 0.2) is 0 Å². The lowest BCUT2D eigenvalue weighted by molar-refractivity contribution is -0.123. The van der Waals surface area contributed by atoms with Crippen molar-refractivity contribution in [3.05, 3.63) is 35.4 Å². The maximum Gasteiger partial charge on any atom is 0.237 e. The molecule has 0 aromatic heterocycles. The van der Waals surface area contributed by atoms with Crippen LogP contribution in [-0.2, 0) is 4.79 Å². The molecule has 1 heterocycles. The zero-order valence-corrected chi connectivity index (χ0v) is 12.3. The Morgan fingerprint density at radius 2 is 2.10 bits per heavy atom. The normalized spacial score (nSPS) is 19.8. The molecule has 6 heteroatoms. The summed E-state index contributed by atoms with van der Waals surface area (Å²) in [6, 6.07) is 3.06. The van der Waals surface area contributed by atoms with E-state index in [2.05, 4.69) is 10.6 Å². The number of benzene rings is 1. The summed E-state index contributed by atoms with van der Waals surface area (Å²) in [4.78, 5) is 13.7. The summed E-state index contributed by atoms with van der Waals surface area (Å²) in [7, 11) is 3.47. The Hall–Kier alpha value is -1.53. The van der Waals surface area contributed by atoms with Crippen molar-refractivity contribution in [3.8, 4) is 0 Å². The third-order valence-electron chi connectivity index (χ3n) is 3.80. The number of nitrogens with one attached hydrogen (secondary N) is 2. The van der Waals surface area contributed by atoms with Gasteiger partial charge in [0.1, 0.15) is 11.6 Å². The van der Waals surface area contributed by atoms with E-state index in [1.165, 1.54) is 18.2 Å². The molecule has 1 aliphatic rings. The van der Waals surface area contributed by atoms with Crippen LogP contribution in [0, 0.1) is 11.6 Å². The number of nitrogens with zero attached hydrogens (tertiary/aromatic N) is 1. The van der Waals surface area contributed by atoms with Gasteiger partial charge in [-0.3, -0.25) is 4.79 Å². The molecule has 2 rings (SSSR count). The van der Waals surface area contributed by atoms with Crippen molar-refractivity contribution >= 4 is 5.91 Å². The van der Waals surface area contributed by atoms with Crippen LogP contribution in [0.4, 0.5) is 8.78 Å². The summed E-state index contributed by atoms with van der Waals surface area (Å²) >= 11 is 0. The predicted octanol–water partition coefficient (Wildman–Crippen LogP) is 1.44. The van der Waals surface area contributed by atoms with Crippen molar-refractivity contribution in [3.63, 3.8) is 0 Å². The number of carbonyl (C=O) groups is 1. The monoisotopic (exact) mass is 297 g/mol. The van der Waals surface area contributed by atoms with Crippen LogP contribution in [-0.4, -0.2) is 44.0 Å². The highest BCUT2D eigenvalue weighted by Crippen LogP contribution is 2.24. The van der Waals surface area contributed by atoms with Crippen LogP contribution in [0.1, 0.15) is 24.4 Å². The molecule has 2 unspecified atom stereocenters. The Morgan fingerprint density at radius 3 is 2.62 bits per heavy atom. The zero-order valence-electron chi connectivity index (χ0n) is 12.3. The largest absolute Gasteiger partial charge is 0.353 e. The summed E-state index contributed by atoms with van der Waals surface area (Å²) in [5, 5.41) is 5.88. The van der Waals surface area contributed by atoms with Crippen molar-refractivity contribution in [1.82, 2.24) is 15.5 Å². The van der Waals surface area contributed by atoms with E-state index in [1.54, 1.807) is 19.0 Å². The number of carbonyl (C=O) groups excluding carboxylic acids is 1. The maximum absolute atomic E-state index is 13.9. The second kappa shape index (κ2) is 6.95. The van der Waals surface area contributed by atoms with Gasteiger partial charge in [-0.25, -0.2) is 8.78 Å². The van der Waals surface area contributed by atoms with E-state index in [-0.39, 0.29) is 24.1 Å². The minimum atomic E-state index is -0.595. The smallest absolute Gasteiger partial charge is 0.237 e. The Bertz CT molecular complexity index is 481. The Balaban J connectivity index is 2.07. The summed E-state index contributed by atoms with van der Waals surface area (Å²) in [5.41, 5.74) is -0.0119. The average Bonchev–Trinajstić information content (AvgIpc) is 2.95. The molecule has 1 amide bonds. The Kier molecular flexibility index (Phi) is 5.25. The van der Waals surface area contributed by atoms with Gasteiger partial charge in [-0.15, -0.1) is 0 Å². The highest BCUT2D eigenvalue weighted by molar-refractivity contribution is 5.82. The second-order valence-corrected chi connectivity index (χ2v) is 5.51. The number of halogens is 2. The molecule has 116 valence electrons. The topological polar surface area (TPSA) is 44.4 Å². The average molecular weight is 297 g/mol. The molecule has 2 atom stereocenters. The first kappa shape index (κ1) is 15.9. The van der Waals surface area contributed by atoms with E-state index in [4.69, 9.17) is 0 Å². The molecule has 1 saturated heterocycles. The fraction of sp³-hybridized carbons (Fsp3) is 0.533. The number of amides is 1. The van der Waals surface area contributed by atoms with Gasteiger partial charge in [0, 0.05) is 12.1 Å². The molecule has 1 fully saturated rings. The third kappa shape index (κ3) is 3.77. The Morgan fingerprint density at radius 1 is 1.43 bits per heavy atom. The number of rotatable bonds is 5. The third-order valence-corrected chi connectivity index (χ3v) is 3.80. The van der Waals surface area contributed by atoms with E-state index in [0.29, 0.717) is 0 Å². The van der Waals surface area contributed by atoms with Gasteiger partial charge in [0.2, 0.25) is 5.91 Å². The molecule has 21 heavy (non-hydrogen) atoms. The summed E-state index contributed by atoms with van der Waals surface area (Å²) < 4.78 is 27.8. The van der Waals surface area contributed by atoms with Crippen LogP contribution < -0.4 is 10.6 Å². The molecular weight excluding hydrogens is 276 g/mol. The van der Waals surface area contributed by atoms with Crippen LogP contribution in [0.25, 0.3) is 0 Å². The van der Waals surface area contributed by atoms with Gasteiger partial charge in [-0.1, -0.05) is 6.07 Å². The van der Waals surface area contributed by atoms with E-state index in [9.17, 15) is 13.6 Å². The highest BCUT2D eigenvalue weighted by atomic mass is 19.1. The van der Waals surface area contributed by atoms with Crippen molar-refractivity contribution in [2.45, 2.75) is 24.9 Å². The Labute approximate surface area is 123 Å². The summed E-state index contributed by atoms with van der Waals surface area (Å²) in [6.07, 6.45) is 1.77. The maximum atomic E-state index is 13.9. The summed E-state index contributed by atoms with van der Waals surface area (Å²) in [5.74, 6) is -1.31. The molecule has 0 bridgehead atoms.